The largest absolute Gasteiger partial charge is 0.467 e. The second-order valence-electron chi connectivity index (χ2n) is 4.05. The lowest BCUT2D eigenvalue weighted by Crippen LogP contribution is -2.43. The molecule has 0 heterocycles. The summed E-state index contributed by atoms with van der Waals surface area (Å²) in [6.45, 7) is 0. The molecule has 0 aliphatic carbocycles. The Kier molecular flexibility index (Phi) is 6.76. The van der Waals surface area contributed by atoms with Crippen molar-refractivity contribution < 1.29 is 44.3 Å². The van der Waals surface area contributed by atoms with Gasteiger partial charge in [0.15, 0.2) is 9.84 Å². The highest BCUT2D eigenvalue weighted by molar-refractivity contribution is 7.95. The number of methoxy groups -OCH3 is 1. The molecule has 0 saturated carbocycles. The summed E-state index contributed by atoms with van der Waals surface area (Å²) < 4.78 is 96.8. The molecule has 0 aromatic rings. The highest BCUT2D eigenvalue weighted by Crippen LogP contribution is 2.33. The van der Waals surface area contributed by atoms with Gasteiger partial charge in [0.25, 0.3) is 0 Å². The molecular formula is C10H11ClF6O4S. The third-order valence-corrected chi connectivity index (χ3v) is 5.40. The van der Waals surface area contributed by atoms with Gasteiger partial charge in [-0.1, -0.05) is 17.7 Å². The van der Waals surface area contributed by atoms with Gasteiger partial charge in [-0.3, -0.25) is 0 Å². The van der Waals surface area contributed by atoms with E-state index < -0.39 is 51.0 Å². The van der Waals surface area contributed by atoms with Crippen LogP contribution in [0.25, 0.3) is 0 Å². The quantitative estimate of drug-likeness (QED) is 0.309. The van der Waals surface area contributed by atoms with E-state index in [1.54, 1.807) is 0 Å². The molecule has 0 aliphatic rings. The van der Waals surface area contributed by atoms with E-state index in [0.29, 0.717) is 7.11 Å². The van der Waals surface area contributed by atoms with Crippen molar-refractivity contribution in [1.82, 2.24) is 0 Å². The van der Waals surface area contributed by atoms with Gasteiger partial charge in [-0.05, 0) is 0 Å². The zero-order valence-corrected chi connectivity index (χ0v) is 12.5. The normalized spacial score (nSPS) is 16.5. The van der Waals surface area contributed by atoms with E-state index in [4.69, 9.17) is 11.6 Å². The molecule has 0 aromatic carbocycles. The van der Waals surface area contributed by atoms with Crippen molar-refractivity contribution in [1.29, 1.82) is 0 Å². The topological polar surface area (TPSA) is 60.4 Å². The van der Waals surface area contributed by atoms with Crippen LogP contribution < -0.4 is 0 Å². The van der Waals surface area contributed by atoms with Crippen LogP contribution in [0.3, 0.4) is 0 Å². The van der Waals surface area contributed by atoms with E-state index in [1.165, 1.54) is 0 Å². The van der Waals surface area contributed by atoms with Crippen molar-refractivity contribution in [2.75, 3.05) is 12.9 Å². The SMILES string of the molecule is COC(=O)C(Cl)(CC=CC(F)(F)F)S(=O)(=O)CCC(F)(F)F. The van der Waals surface area contributed by atoms with Crippen LogP contribution in [0.15, 0.2) is 12.2 Å². The summed E-state index contributed by atoms with van der Waals surface area (Å²) in [5.74, 6) is -3.22. The molecule has 4 nitrogen and oxygen atoms in total. The molecular weight excluding hydrogens is 366 g/mol. The summed E-state index contributed by atoms with van der Waals surface area (Å²) in [5.41, 5.74) is 0. The first kappa shape index (κ1) is 21.0. The number of hydrogen-bond acceptors (Lipinski definition) is 4. The van der Waals surface area contributed by atoms with Crippen LogP contribution in [0.5, 0.6) is 0 Å². The van der Waals surface area contributed by atoms with Crippen molar-refractivity contribution >= 4 is 27.4 Å². The van der Waals surface area contributed by atoms with Crippen molar-refractivity contribution in [3.63, 3.8) is 0 Å². The standard InChI is InChI=1S/C10H11ClF6O4S/c1-21-7(18)8(11,3-2-4-9(12,13)14)22(19,20)6-5-10(15,16)17/h2,4H,3,5-6H2,1H3. The van der Waals surface area contributed by atoms with Crippen molar-refractivity contribution in [3.05, 3.63) is 12.2 Å². The Morgan fingerprint density at radius 2 is 1.68 bits per heavy atom. The van der Waals surface area contributed by atoms with Gasteiger partial charge >= 0.3 is 18.3 Å². The van der Waals surface area contributed by atoms with Gasteiger partial charge in [-0.2, -0.15) is 26.3 Å². The van der Waals surface area contributed by atoms with E-state index in [9.17, 15) is 39.6 Å². The summed E-state index contributed by atoms with van der Waals surface area (Å²) in [6.07, 6.45) is -12.8. The number of halogens is 7. The highest BCUT2D eigenvalue weighted by Gasteiger charge is 2.50. The van der Waals surface area contributed by atoms with Crippen LogP contribution in [-0.2, 0) is 19.4 Å². The predicted molar refractivity (Wildman–Crippen MR) is 64.9 cm³/mol. The molecule has 1 unspecified atom stereocenters. The van der Waals surface area contributed by atoms with Crippen molar-refractivity contribution in [2.45, 2.75) is 29.4 Å². The molecule has 0 N–H and O–H groups in total. The van der Waals surface area contributed by atoms with Crippen molar-refractivity contribution in [2.24, 2.45) is 0 Å². The molecule has 0 amide bonds. The minimum atomic E-state index is -4.93. The first-order chi connectivity index (χ1) is 9.65. The third kappa shape index (κ3) is 6.42. The number of allylic oxidation sites excluding steroid dienone is 2. The zero-order chi connectivity index (χ0) is 17.8. The molecule has 0 rings (SSSR count). The number of sulfone groups is 1. The minimum absolute atomic E-state index is 0.231. The van der Waals surface area contributed by atoms with Gasteiger partial charge in [0.05, 0.1) is 19.3 Å². The van der Waals surface area contributed by atoms with Crippen LogP contribution in [0, 0.1) is 0 Å². The molecule has 0 radical (unpaired) electrons. The lowest BCUT2D eigenvalue weighted by Gasteiger charge is -2.23. The van der Waals surface area contributed by atoms with Crippen LogP contribution in [-0.4, -0.2) is 43.8 Å². The number of carbonyl (C=O) groups is 1. The van der Waals surface area contributed by atoms with Gasteiger partial charge in [0.1, 0.15) is 0 Å². The van der Waals surface area contributed by atoms with E-state index >= 15 is 0 Å². The summed E-state index contributed by atoms with van der Waals surface area (Å²) in [7, 11) is -4.23. The van der Waals surface area contributed by atoms with Crippen LogP contribution >= 0.6 is 11.6 Å². The Balaban J connectivity index is 5.43. The molecule has 0 fully saturated rings. The van der Waals surface area contributed by atoms with E-state index in [0.717, 1.165) is 0 Å². The molecule has 0 aromatic heterocycles. The number of carbonyl (C=O) groups excluding carboxylic acids is 1. The van der Waals surface area contributed by atoms with Crippen LogP contribution in [0.1, 0.15) is 12.8 Å². The number of ether oxygens (including phenoxy) is 1. The summed E-state index contributed by atoms with van der Waals surface area (Å²) >= 11 is 5.49. The zero-order valence-electron chi connectivity index (χ0n) is 11.0. The average molecular weight is 377 g/mol. The smallest absolute Gasteiger partial charge is 0.409 e. The predicted octanol–water partition coefficient (Wildman–Crippen LogP) is 2.97. The Labute approximate surface area is 127 Å². The Hall–Kier alpha value is -0.970. The Bertz CT molecular complexity index is 525. The van der Waals surface area contributed by atoms with Gasteiger partial charge in [0.2, 0.25) is 4.21 Å². The van der Waals surface area contributed by atoms with Gasteiger partial charge in [0, 0.05) is 12.5 Å². The second kappa shape index (κ2) is 7.07. The maximum Gasteiger partial charge on any atom is 0.409 e. The summed E-state index contributed by atoms with van der Waals surface area (Å²) in [6, 6.07) is 0. The lowest BCUT2D eigenvalue weighted by molar-refractivity contribution is -0.141. The fraction of sp³-hybridized carbons (Fsp3) is 0.700. The monoisotopic (exact) mass is 376 g/mol. The van der Waals surface area contributed by atoms with Crippen molar-refractivity contribution in [3.8, 4) is 0 Å². The molecule has 0 aliphatic heterocycles. The number of rotatable bonds is 6. The third-order valence-electron chi connectivity index (χ3n) is 2.32. The van der Waals surface area contributed by atoms with E-state index in [1.807, 2.05) is 0 Å². The molecule has 12 heteroatoms. The minimum Gasteiger partial charge on any atom is -0.467 e. The maximum absolute atomic E-state index is 12.1. The fourth-order valence-corrected chi connectivity index (χ4v) is 3.15. The number of esters is 1. The first-order valence-corrected chi connectivity index (χ1v) is 7.48. The highest BCUT2D eigenvalue weighted by atomic mass is 35.5. The Morgan fingerprint density at radius 1 is 1.18 bits per heavy atom. The van der Waals surface area contributed by atoms with E-state index in [2.05, 4.69) is 4.74 Å². The van der Waals surface area contributed by atoms with Gasteiger partial charge in [-0.25, -0.2) is 13.2 Å². The maximum atomic E-state index is 12.1. The molecule has 0 bridgehead atoms. The van der Waals surface area contributed by atoms with Crippen LogP contribution in [0.4, 0.5) is 26.3 Å². The average Bonchev–Trinajstić information content (AvgIpc) is 2.32. The molecule has 22 heavy (non-hydrogen) atoms. The fourth-order valence-electron chi connectivity index (χ4n) is 1.25. The molecule has 0 saturated heterocycles. The number of hydrogen-bond donors (Lipinski definition) is 0. The van der Waals surface area contributed by atoms with Gasteiger partial charge < -0.3 is 4.74 Å². The van der Waals surface area contributed by atoms with Gasteiger partial charge in [-0.15, -0.1) is 0 Å². The summed E-state index contributed by atoms with van der Waals surface area (Å²) in [5, 5.41) is 0. The second-order valence-corrected chi connectivity index (χ2v) is 7.26. The summed E-state index contributed by atoms with van der Waals surface area (Å²) in [4.78, 5) is 11.4. The molecule has 0 spiro atoms. The molecule has 130 valence electrons. The first-order valence-electron chi connectivity index (χ1n) is 5.45. The Morgan fingerprint density at radius 3 is 2.05 bits per heavy atom. The lowest BCUT2D eigenvalue weighted by atomic mass is 10.2. The number of alkyl halides is 7. The molecule has 1 atom stereocenters. The van der Waals surface area contributed by atoms with Crippen LogP contribution in [0.2, 0.25) is 0 Å². The van der Waals surface area contributed by atoms with E-state index in [-0.39, 0.29) is 12.2 Å².